The molecule has 2 heterocycles. The van der Waals surface area contributed by atoms with Gasteiger partial charge >= 0.3 is 0 Å². The summed E-state index contributed by atoms with van der Waals surface area (Å²) in [6.07, 6.45) is 5.32. The SMILES string of the molecule is COc1ccc(-c2cnc3c(Nc4ccc(C(=O)NCCOCCN)c(C)c4)nccn23)cc1Cl. The molecule has 2 aromatic carbocycles. The lowest BCUT2D eigenvalue weighted by Crippen LogP contribution is -2.28. The van der Waals surface area contributed by atoms with Gasteiger partial charge in [-0.2, -0.15) is 0 Å². The van der Waals surface area contributed by atoms with Gasteiger partial charge in [-0.1, -0.05) is 11.6 Å². The highest BCUT2D eigenvalue weighted by atomic mass is 35.5. The average molecular weight is 495 g/mol. The second-order valence-electron chi connectivity index (χ2n) is 7.77. The van der Waals surface area contributed by atoms with E-state index in [4.69, 9.17) is 26.8 Å². The number of nitrogens with one attached hydrogen (secondary N) is 2. The molecule has 0 saturated heterocycles. The number of imidazole rings is 1. The van der Waals surface area contributed by atoms with Crippen LogP contribution >= 0.6 is 11.6 Å². The molecular weight excluding hydrogens is 468 g/mol. The maximum absolute atomic E-state index is 12.5. The van der Waals surface area contributed by atoms with Crippen molar-refractivity contribution in [2.75, 3.05) is 38.7 Å². The molecule has 2 aromatic heterocycles. The van der Waals surface area contributed by atoms with Crippen LogP contribution in [0, 0.1) is 6.92 Å². The van der Waals surface area contributed by atoms with Crippen molar-refractivity contribution in [3.8, 4) is 17.0 Å². The summed E-state index contributed by atoms with van der Waals surface area (Å²) < 4.78 is 12.5. The van der Waals surface area contributed by atoms with Crippen molar-refractivity contribution < 1.29 is 14.3 Å². The first-order chi connectivity index (χ1) is 17.0. The predicted molar refractivity (Wildman–Crippen MR) is 137 cm³/mol. The van der Waals surface area contributed by atoms with Gasteiger partial charge < -0.3 is 25.8 Å². The predicted octanol–water partition coefficient (Wildman–Crippen LogP) is 3.82. The Hall–Kier alpha value is -3.66. The van der Waals surface area contributed by atoms with Crippen LogP contribution in [0.3, 0.4) is 0 Å². The highest BCUT2D eigenvalue weighted by Gasteiger charge is 2.14. The lowest BCUT2D eigenvalue weighted by atomic mass is 10.1. The minimum atomic E-state index is -0.151. The number of carbonyl (C=O) groups is 1. The van der Waals surface area contributed by atoms with Gasteiger partial charge in [0.25, 0.3) is 5.91 Å². The molecule has 35 heavy (non-hydrogen) atoms. The van der Waals surface area contributed by atoms with E-state index >= 15 is 0 Å². The molecule has 0 atom stereocenters. The topological polar surface area (TPSA) is 116 Å². The maximum Gasteiger partial charge on any atom is 0.251 e. The zero-order valence-corrected chi connectivity index (χ0v) is 20.3. The number of rotatable bonds is 10. The van der Waals surface area contributed by atoms with Crippen LogP contribution in [0.1, 0.15) is 15.9 Å². The minimum absolute atomic E-state index is 0.151. The Morgan fingerprint density at radius 1 is 1.17 bits per heavy atom. The van der Waals surface area contributed by atoms with Gasteiger partial charge in [0.15, 0.2) is 11.5 Å². The quantitative estimate of drug-likeness (QED) is 0.287. The number of aromatic nitrogens is 3. The van der Waals surface area contributed by atoms with Crippen molar-refractivity contribution in [3.63, 3.8) is 0 Å². The summed E-state index contributed by atoms with van der Waals surface area (Å²) in [5.41, 5.74) is 10.0. The van der Waals surface area contributed by atoms with Crippen LogP contribution in [0.5, 0.6) is 5.75 Å². The number of nitrogens with two attached hydrogens (primary N) is 1. The van der Waals surface area contributed by atoms with E-state index in [2.05, 4.69) is 20.6 Å². The number of hydrogen-bond acceptors (Lipinski definition) is 7. The van der Waals surface area contributed by atoms with E-state index in [1.807, 2.05) is 47.9 Å². The second kappa shape index (κ2) is 11.2. The molecule has 9 nitrogen and oxygen atoms in total. The van der Waals surface area contributed by atoms with E-state index in [0.717, 1.165) is 22.5 Å². The summed E-state index contributed by atoms with van der Waals surface area (Å²) in [5.74, 6) is 1.05. The Morgan fingerprint density at radius 3 is 2.77 bits per heavy atom. The Kier molecular flexibility index (Phi) is 7.81. The molecule has 1 amide bonds. The molecule has 0 aliphatic carbocycles. The van der Waals surface area contributed by atoms with Crippen LogP contribution in [-0.4, -0.2) is 53.7 Å². The third-order valence-electron chi connectivity index (χ3n) is 5.40. The number of benzene rings is 2. The number of fused-ring (bicyclic) bond motifs is 1. The summed E-state index contributed by atoms with van der Waals surface area (Å²) in [4.78, 5) is 21.5. The van der Waals surface area contributed by atoms with Crippen molar-refractivity contribution in [2.45, 2.75) is 6.92 Å². The monoisotopic (exact) mass is 494 g/mol. The number of nitrogens with zero attached hydrogens (tertiary/aromatic N) is 3. The Morgan fingerprint density at radius 2 is 2.03 bits per heavy atom. The first-order valence-electron chi connectivity index (χ1n) is 11.1. The molecule has 0 unspecified atom stereocenters. The van der Waals surface area contributed by atoms with Crippen LogP contribution < -0.4 is 21.1 Å². The lowest BCUT2D eigenvalue weighted by Gasteiger charge is -2.12. The highest BCUT2D eigenvalue weighted by molar-refractivity contribution is 6.32. The highest BCUT2D eigenvalue weighted by Crippen LogP contribution is 2.31. The molecule has 4 N–H and O–H groups in total. The van der Waals surface area contributed by atoms with Crippen LogP contribution in [-0.2, 0) is 4.74 Å². The normalized spacial score (nSPS) is 11.0. The Bertz CT molecular complexity index is 1340. The molecule has 4 rings (SSSR count). The van der Waals surface area contributed by atoms with Crippen molar-refractivity contribution >= 4 is 34.7 Å². The Balaban J connectivity index is 1.52. The molecule has 0 saturated carbocycles. The van der Waals surface area contributed by atoms with Crippen molar-refractivity contribution in [1.82, 2.24) is 19.7 Å². The molecule has 0 fully saturated rings. The van der Waals surface area contributed by atoms with Gasteiger partial charge in [0.2, 0.25) is 0 Å². The van der Waals surface area contributed by atoms with Crippen LogP contribution in [0.4, 0.5) is 11.5 Å². The van der Waals surface area contributed by atoms with Gasteiger partial charge in [-0.3, -0.25) is 9.20 Å². The molecule has 0 aliphatic rings. The van der Waals surface area contributed by atoms with E-state index in [1.165, 1.54) is 0 Å². The number of amides is 1. The fourth-order valence-corrected chi connectivity index (χ4v) is 3.95. The van der Waals surface area contributed by atoms with Crippen molar-refractivity contribution in [3.05, 3.63) is 71.1 Å². The third-order valence-corrected chi connectivity index (χ3v) is 5.70. The number of methoxy groups -OCH3 is 1. The van der Waals surface area contributed by atoms with Gasteiger partial charge in [-0.05, 0) is 48.9 Å². The van der Waals surface area contributed by atoms with Crippen LogP contribution in [0.15, 0.2) is 55.0 Å². The van der Waals surface area contributed by atoms with Crippen molar-refractivity contribution in [1.29, 1.82) is 0 Å². The summed E-state index contributed by atoms with van der Waals surface area (Å²) >= 11 is 6.32. The first-order valence-corrected chi connectivity index (χ1v) is 11.5. The Labute approximate surface area is 208 Å². The molecule has 10 heteroatoms. The lowest BCUT2D eigenvalue weighted by molar-refractivity contribution is 0.0919. The van der Waals surface area contributed by atoms with Gasteiger partial charge in [0.1, 0.15) is 5.75 Å². The fraction of sp³-hybridized carbons (Fsp3) is 0.240. The molecule has 4 aromatic rings. The molecule has 182 valence electrons. The average Bonchev–Trinajstić information content (AvgIpc) is 3.29. The third kappa shape index (κ3) is 5.54. The molecule has 0 radical (unpaired) electrons. The summed E-state index contributed by atoms with van der Waals surface area (Å²) in [6.45, 7) is 3.67. The molecular formula is C25H27ClN6O3. The second-order valence-corrected chi connectivity index (χ2v) is 8.18. The summed E-state index contributed by atoms with van der Waals surface area (Å²) in [5, 5.41) is 6.69. The van der Waals surface area contributed by atoms with Crippen LogP contribution in [0.2, 0.25) is 5.02 Å². The van der Waals surface area contributed by atoms with E-state index in [-0.39, 0.29) is 5.91 Å². The van der Waals surface area contributed by atoms with Gasteiger partial charge in [-0.25, -0.2) is 9.97 Å². The van der Waals surface area contributed by atoms with Gasteiger partial charge in [0.05, 0.1) is 37.2 Å². The summed E-state index contributed by atoms with van der Waals surface area (Å²) in [7, 11) is 1.58. The first kappa shape index (κ1) is 24.5. The van der Waals surface area contributed by atoms with Gasteiger partial charge in [-0.15, -0.1) is 0 Å². The number of carbonyl (C=O) groups excluding carboxylic acids is 1. The molecule has 0 aliphatic heterocycles. The number of anilines is 2. The summed E-state index contributed by atoms with van der Waals surface area (Å²) in [6, 6.07) is 11.1. The zero-order valence-electron chi connectivity index (χ0n) is 19.5. The minimum Gasteiger partial charge on any atom is -0.495 e. The van der Waals surface area contributed by atoms with Crippen LogP contribution in [0.25, 0.3) is 16.9 Å². The number of hydrogen-bond donors (Lipinski definition) is 3. The van der Waals surface area contributed by atoms with Crippen molar-refractivity contribution in [2.24, 2.45) is 5.73 Å². The van der Waals surface area contributed by atoms with E-state index in [9.17, 15) is 4.79 Å². The van der Waals surface area contributed by atoms with Gasteiger partial charge in [0, 0.05) is 42.3 Å². The van der Waals surface area contributed by atoms with E-state index < -0.39 is 0 Å². The number of halogens is 1. The molecule has 0 bridgehead atoms. The van der Waals surface area contributed by atoms with E-state index in [0.29, 0.717) is 54.1 Å². The smallest absolute Gasteiger partial charge is 0.251 e. The zero-order chi connectivity index (χ0) is 24.8. The number of ether oxygens (including phenoxy) is 2. The molecule has 0 spiro atoms. The van der Waals surface area contributed by atoms with E-state index in [1.54, 1.807) is 25.6 Å². The fourth-order valence-electron chi connectivity index (χ4n) is 3.70. The largest absolute Gasteiger partial charge is 0.495 e. The standard InChI is InChI=1S/C25H27ClN6O3/c1-16-13-18(4-5-19(16)25(33)29-9-12-35-11-7-27)31-23-24-30-15-21(32(24)10-8-28-23)17-3-6-22(34-2)20(26)14-17/h3-6,8,10,13-15H,7,9,11-12,27H2,1-2H3,(H,28,31)(H,29,33). The number of aryl methyl sites for hydroxylation is 1. The maximum atomic E-state index is 12.5.